The van der Waals surface area contributed by atoms with E-state index in [0.29, 0.717) is 16.1 Å². The van der Waals surface area contributed by atoms with Gasteiger partial charge in [-0.15, -0.1) is 0 Å². The van der Waals surface area contributed by atoms with Crippen LogP contribution in [0, 0.1) is 10.1 Å². The van der Waals surface area contributed by atoms with Gasteiger partial charge >= 0.3 is 0 Å². The lowest BCUT2D eigenvalue weighted by Crippen LogP contribution is -2.44. The summed E-state index contributed by atoms with van der Waals surface area (Å²) in [7, 11) is 0. The number of fused-ring (bicyclic) bond motifs is 1. The molecule has 1 aliphatic heterocycles. The molecule has 28 heavy (non-hydrogen) atoms. The Bertz CT molecular complexity index is 1070. The third-order valence-electron chi connectivity index (χ3n) is 4.04. The monoisotopic (exact) mass is 401 g/mol. The van der Waals surface area contributed by atoms with E-state index in [2.05, 4.69) is 5.43 Å². The zero-order chi connectivity index (χ0) is 20.6. The molecule has 9 nitrogen and oxygen atoms in total. The SMILES string of the molecule is CC(=O)NN1C(=O)c2cccc(-c3ccc(C(=O)C[N+](=O)[O-])c(Cl)c3)c2C1=O. The van der Waals surface area contributed by atoms with E-state index in [0.717, 1.165) is 0 Å². The molecule has 1 aliphatic rings. The maximum atomic E-state index is 12.6. The van der Waals surface area contributed by atoms with Gasteiger partial charge in [-0.1, -0.05) is 29.8 Å². The second-order valence-corrected chi connectivity index (χ2v) is 6.36. The summed E-state index contributed by atoms with van der Waals surface area (Å²) in [4.78, 5) is 58.0. The van der Waals surface area contributed by atoms with Crippen molar-refractivity contribution < 1.29 is 24.1 Å². The number of Topliss-reactive ketones (excluding diaryl/α,β-unsaturated/α-hetero) is 1. The Kier molecular flexibility index (Phi) is 4.93. The number of nitrogens with zero attached hydrogens (tertiary/aromatic N) is 2. The largest absolute Gasteiger partial charge is 0.287 e. The standard InChI is InChI=1S/C18H12ClN3O6/c1-9(23)20-22-17(25)13-4-2-3-11(16(13)18(22)26)10-5-6-12(14(19)7-10)15(24)8-21(27)28/h2-7H,8H2,1H3,(H,20,23). The number of benzene rings is 2. The summed E-state index contributed by atoms with van der Waals surface area (Å²) in [5, 5.41) is 11.1. The number of hydrogen-bond acceptors (Lipinski definition) is 6. The summed E-state index contributed by atoms with van der Waals surface area (Å²) in [6, 6.07) is 8.81. The van der Waals surface area contributed by atoms with Gasteiger partial charge in [0.1, 0.15) is 0 Å². The highest BCUT2D eigenvalue weighted by atomic mass is 35.5. The summed E-state index contributed by atoms with van der Waals surface area (Å²) in [6.45, 7) is 0.281. The molecule has 0 aliphatic carbocycles. The number of carbonyl (C=O) groups is 4. The van der Waals surface area contributed by atoms with E-state index in [1.807, 2.05) is 0 Å². The number of halogens is 1. The number of ketones is 1. The minimum atomic E-state index is -0.890. The van der Waals surface area contributed by atoms with Crippen LogP contribution in [0.4, 0.5) is 0 Å². The summed E-state index contributed by atoms with van der Waals surface area (Å²) >= 11 is 6.11. The maximum Gasteiger partial charge on any atom is 0.281 e. The van der Waals surface area contributed by atoms with E-state index >= 15 is 0 Å². The van der Waals surface area contributed by atoms with E-state index in [1.165, 1.54) is 31.2 Å². The predicted molar refractivity (Wildman–Crippen MR) is 97.4 cm³/mol. The van der Waals surface area contributed by atoms with Crippen LogP contribution in [0.1, 0.15) is 38.0 Å². The fourth-order valence-electron chi connectivity index (χ4n) is 2.90. The van der Waals surface area contributed by atoms with Crippen LogP contribution in [-0.2, 0) is 4.79 Å². The van der Waals surface area contributed by atoms with Gasteiger partial charge in [0, 0.05) is 17.4 Å². The first-order valence-electron chi connectivity index (χ1n) is 7.94. The summed E-state index contributed by atoms with van der Waals surface area (Å²) < 4.78 is 0. The summed E-state index contributed by atoms with van der Waals surface area (Å²) in [5.74, 6) is -2.69. The zero-order valence-corrected chi connectivity index (χ0v) is 15.1. The molecule has 10 heteroatoms. The molecule has 3 amide bonds. The van der Waals surface area contributed by atoms with Gasteiger partial charge in [-0.3, -0.25) is 34.7 Å². The number of rotatable bonds is 5. The van der Waals surface area contributed by atoms with Crippen LogP contribution >= 0.6 is 11.6 Å². The van der Waals surface area contributed by atoms with Crippen LogP contribution in [0.25, 0.3) is 11.1 Å². The molecule has 0 atom stereocenters. The molecule has 3 rings (SSSR count). The molecule has 1 heterocycles. The number of carbonyl (C=O) groups excluding carboxylic acids is 4. The average Bonchev–Trinajstić information content (AvgIpc) is 2.85. The quantitative estimate of drug-likeness (QED) is 0.354. The lowest BCUT2D eigenvalue weighted by molar-refractivity contribution is -0.465. The normalized spacial score (nSPS) is 12.7. The van der Waals surface area contributed by atoms with Crippen molar-refractivity contribution in [2.75, 3.05) is 6.54 Å². The molecule has 2 aromatic carbocycles. The highest BCUT2D eigenvalue weighted by molar-refractivity contribution is 6.34. The van der Waals surface area contributed by atoms with Crippen molar-refractivity contribution in [2.24, 2.45) is 0 Å². The van der Waals surface area contributed by atoms with Gasteiger partial charge in [0.05, 0.1) is 16.1 Å². The van der Waals surface area contributed by atoms with Crippen LogP contribution in [0.3, 0.4) is 0 Å². The summed E-state index contributed by atoms with van der Waals surface area (Å²) in [5.41, 5.74) is 3.17. The maximum absolute atomic E-state index is 12.6. The second-order valence-electron chi connectivity index (χ2n) is 5.95. The van der Waals surface area contributed by atoms with Gasteiger partial charge in [-0.25, -0.2) is 0 Å². The lowest BCUT2D eigenvalue weighted by atomic mass is 9.95. The molecule has 0 saturated heterocycles. The van der Waals surface area contributed by atoms with Crippen LogP contribution in [0.5, 0.6) is 0 Å². The van der Waals surface area contributed by atoms with E-state index < -0.39 is 35.0 Å². The molecule has 0 radical (unpaired) electrons. The Hall–Kier alpha value is -3.59. The fourth-order valence-corrected chi connectivity index (χ4v) is 3.18. The van der Waals surface area contributed by atoms with Crippen molar-refractivity contribution in [2.45, 2.75) is 6.92 Å². The first-order chi connectivity index (χ1) is 13.2. The molecule has 0 spiro atoms. The minimum absolute atomic E-state index is 0.0163. The van der Waals surface area contributed by atoms with Crippen molar-refractivity contribution in [3.05, 3.63) is 68.2 Å². The van der Waals surface area contributed by atoms with E-state index in [4.69, 9.17) is 11.6 Å². The Balaban J connectivity index is 2.04. The van der Waals surface area contributed by atoms with Crippen molar-refractivity contribution in [1.82, 2.24) is 10.4 Å². The molecule has 0 saturated carbocycles. The molecule has 0 aromatic heterocycles. The van der Waals surface area contributed by atoms with Crippen LogP contribution in [0.15, 0.2) is 36.4 Å². The van der Waals surface area contributed by atoms with E-state index in [9.17, 15) is 29.3 Å². The van der Waals surface area contributed by atoms with Gasteiger partial charge < -0.3 is 0 Å². The molecular weight excluding hydrogens is 390 g/mol. The van der Waals surface area contributed by atoms with Crippen molar-refractivity contribution in [3.63, 3.8) is 0 Å². The Morgan fingerprint density at radius 3 is 2.43 bits per heavy atom. The van der Waals surface area contributed by atoms with Crippen molar-refractivity contribution in [3.8, 4) is 11.1 Å². The van der Waals surface area contributed by atoms with Gasteiger partial charge in [0.15, 0.2) is 0 Å². The Morgan fingerprint density at radius 2 is 1.82 bits per heavy atom. The number of nitro groups is 1. The third-order valence-corrected chi connectivity index (χ3v) is 4.35. The fraction of sp³-hybridized carbons (Fsp3) is 0.111. The molecule has 1 N–H and O–H groups in total. The Labute approximate surface area is 163 Å². The smallest absolute Gasteiger partial charge is 0.281 e. The first kappa shape index (κ1) is 19.2. The topological polar surface area (TPSA) is 127 Å². The number of amides is 3. The van der Waals surface area contributed by atoms with Gasteiger partial charge in [-0.2, -0.15) is 5.01 Å². The third kappa shape index (κ3) is 3.35. The number of imide groups is 1. The molecule has 0 unspecified atom stereocenters. The van der Waals surface area contributed by atoms with Crippen LogP contribution in [-0.4, -0.2) is 40.0 Å². The Morgan fingerprint density at radius 1 is 1.14 bits per heavy atom. The average molecular weight is 402 g/mol. The molecule has 0 bridgehead atoms. The van der Waals surface area contributed by atoms with Crippen molar-refractivity contribution >= 4 is 35.1 Å². The predicted octanol–water partition coefficient (Wildman–Crippen LogP) is 2.11. The highest BCUT2D eigenvalue weighted by Crippen LogP contribution is 2.34. The number of hydrogen-bond donors (Lipinski definition) is 1. The summed E-state index contributed by atoms with van der Waals surface area (Å²) in [6.07, 6.45) is 0. The molecule has 2 aromatic rings. The van der Waals surface area contributed by atoms with Gasteiger partial charge in [-0.05, 0) is 29.3 Å². The molecular formula is C18H12ClN3O6. The highest BCUT2D eigenvalue weighted by Gasteiger charge is 2.38. The first-order valence-corrected chi connectivity index (χ1v) is 8.32. The number of nitrogens with one attached hydrogen (secondary N) is 1. The lowest BCUT2D eigenvalue weighted by Gasteiger charge is -2.13. The van der Waals surface area contributed by atoms with E-state index in [-0.39, 0.29) is 21.7 Å². The minimum Gasteiger partial charge on any atom is -0.287 e. The van der Waals surface area contributed by atoms with Crippen LogP contribution < -0.4 is 5.43 Å². The van der Waals surface area contributed by atoms with Crippen LogP contribution in [0.2, 0.25) is 5.02 Å². The van der Waals surface area contributed by atoms with Crippen molar-refractivity contribution in [1.29, 1.82) is 0 Å². The molecule has 142 valence electrons. The molecule has 0 fully saturated rings. The van der Waals surface area contributed by atoms with Gasteiger partial charge in [0.25, 0.3) is 18.4 Å². The van der Waals surface area contributed by atoms with E-state index in [1.54, 1.807) is 12.1 Å². The zero-order valence-electron chi connectivity index (χ0n) is 14.4. The van der Waals surface area contributed by atoms with Gasteiger partial charge in [0.2, 0.25) is 11.7 Å². The number of hydrazine groups is 1. The second kappa shape index (κ2) is 7.20.